The van der Waals surface area contributed by atoms with Crippen LogP contribution in [-0.2, 0) is 14.3 Å². The van der Waals surface area contributed by atoms with Crippen molar-refractivity contribution in [2.75, 3.05) is 19.8 Å². The summed E-state index contributed by atoms with van der Waals surface area (Å²) in [5.74, 6) is -1.63. The molecule has 90 valence electrons. The van der Waals surface area contributed by atoms with Gasteiger partial charge in [-0.25, -0.2) is 4.79 Å². The third-order valence-electron chi connectivity index (χ3n) is 2.22. The number of carbonyl (C=O) groups is 3. The molecule has 0 saturated carbocycles. The van der Waals surface area contributed by atoms with Crippen LogP contribution in [-0.4, -0.2) is 42.5 Å². The highest BCUT2D eigenvalue weighted by Crippen LogP contribution is 2.01. The molecule has 0 unspecified atom stereocenters. The van der Waals surface area contributed by atoms with Crippen LogP contribution in [0.5, 0.6) is 0 Å². The average Bonchev–Trinajstić information content (AvgIpc) is 2.49. The lowest BCUT2D eigenvalue weighted by molar-refractivity contribution is -0.140. The van der Waals surface area contributed by atoms with Crippen LogP contribution in [0.15, 0.2) is 0 Å². The first-order chi connectivity index (χ1) is 7.66. The Morgan fingerprint density at radius 3 is 2.44 bits per heavy atom. The summed E-state index contributed by atoms with van der Waals surface area (Å²) in [5.41, 5.74) is 0. The second-order valence-electron chi connectivity index (χ2n) is 3.54. The molecule has 0 aliphatic carbocycles. The van der Waals surface area contributed by atoms with Gasteiger partial charge in [0.1, 0.15) is 0 Å². The molecular formula is C10H16N2O4. The lowest BCUT2D eigenvalue weighted by Crippen LogP contribution is -2.32. The second-order valence-corrected chi connectivity index (χ2v) is 3.54. The average molecular weight is 228 g/mol. The van der Waals surface area contributed by atoms with E-state index in [4.69, 9.17) is 4.74 Å². The largest absolute Gasteiger partial charge is 0.381 e. The van der Waals surface area contributed by atoms with Gasteiger partial charge in [0.05, 0.1) is 0 Å². The van der Waals surface area contributed by atoms with Crippen molar-refractivity contribution in [1.82, 2.24) is 10.2 Å². The van der Waals surface area contributed by atoms with Crippen molar-refractivity contribution in [3.8, 4) is 0 Å². The Kier molecular flexibility index (Phi) is 4.91. The molecule has 1 aliphatic rings. The molecule has 16 heavy (non-hydrogen) atoms. The zero-order chi connectivity index (χ0) is 12.0. The van der Waals surface area contributed by atoms with Gasteiger partial charge in [0.2, 0.25) is 0 Å². The predicted octanol–water partition coefficient (Wildman–Crippen LogP) is 0.272. The minimum absolute atomic E-state index is 0.225. The zero-order valence-electron chi connectivity index (χ0n) is 9.32. The summed E-state index contributed by atoms with van der Waals surface area (Å²) in [4.78, 5) is 34.0. The van der Waals surface area contributed by atoms with Gasteiger partial charge in [0, 0.05) is 19.8 Å². The maximum atomic E-state index is 11.1. The summed E-state index contributed by atoms with van der Waals surface area (Å²) in [6, 6.07) is -0.636. The smallest absolute Gasteiger partial charge is 0.331 e. The number of carbonyl (C=O) groups excluding carboxylic acids is 3. The van der Waals surface area contributed by atoms with Gasteiger partial charge in [0.25, 0.3) is 0 Å². The molecule has 0 aromatic carbocycles. The Morgan fingerprint density at radius 2 is 1.88 bits per heavy atom. The van der Waals surface area contributed by atoms with E-state index in [1.54, 1.807) is 0 Å². The Hall–Kier alpha value is -1.43. The van der Waals surface area contributed by atoms with E-state index in [0.717, 1.165) is 17.7 Å². The molecule has 0 spiro atoms. The van der Waals surface area contributed by atoms with Crippen molar-refractivity contribution < 1.29 is 19.1 Å². The van der Waals surface area contributed by atoms with Crippen molar-refractivity contribution in [1.29, 1.82) is 0 Å². The first-order valence-electron chi connectivity index (χ1n) is 5.41. The van der Waals surface area contributed by atoms with Gasteiger partial charge in [-0.1, -0.05) is 13.3 Å². The van der Waals surface area contributed by atoms with E-state index in [9.17, 15) is 14.4 Å². The first-order valence-corrected chi connectivity index (χ1v) is 5.41. The number of hydrogen-bond acceptors (Lipinski definition) is 4. The summed E-state index contributed by atoms with van der Waals surface area (Å²) in [5, 5.41) is 1.94. The predicted molar refractivity (Wildman–Crippen MR) is 55.6 cm³/mol. The van der Waals surface area contributed by atoms with E-state index in [1.807, 2.05) is 5.32 Å². The van der Waals surface area contributed by atoms with Gasteiger partial charge < -0.3 is 4.74 Å². The number of rotatable bonds is 7. The third kappa shape index (κ3) is 3.30. The van der Waals surface area contributed by atoms with E-state index >= 15 is 0 Å². The number of imide groups is 2. The SMILES string of the molecule is CCCCOCCCN1C(=O)NC(=O)C1=O. The van der Waals surface area contributed by atoms with Crippen LogP contribution in [0.25, 0.3) is 0 Å². The third-order valence-corrected chi connectivity index (χ3v) is 2.22. The molecule has 0 bridgehead atoms. The van der Waals surface area contributed by atoms with Crippen LogP contribution in [0.4, 0.5) is 4.79 Å². The summed E-state index contributed by atoms with van der Waals surface area (Å²) in [6.07, 6.45) is 2.62. The second kappa shape index (κ2) is 6.22. The van der Waals surface area contributed by atoms with Crippen LogP contribution in [0.3, 0.4) is 0 Å². The van der Waals surface area contributed by atoms with Gasteiger partial charge in [-0.05, 0) is 12.8 Å². The summed E-state index contributed by atoms with van der Waals surface area (Å²) in [6.45, 7) is 3.48. The molecule has 1 rings (SSSR count). The topological polar surface area (TPSA) is 75.7 Å². The van der Waals surface area contributed by atoms with E-state index in [1.165, 1.54) is 0 Å². The molecule has 0 atom stereocenters. The van der Waals surface area contributed by atoms with Gasteiger partial charge in [-0.3, -0.25) is 19.8 Å². The van der Waals surface area contributed by atoms with Crippen LogP contribution >= 0.6 is 0 Å². The molecule has 0 radical (unpaired) electrons. The molecule has 0 aromatic heterocycles. The number of unbranched alkanes of at least 4 members (excludes halogenated alkanes) is 1. The summed E-state index contributed by atoms with van der Waals surface area (Å²) < 4.78 is 5.28. The maximum absolute atomic E-state index is 11.1. The van der Waals surface area contributed by atoms with Crippen molar-refractivity contribution in [2.45, 2.75) is 26.2 Å². The Bertz CT molecular complexity index is 291. The molecule has 1 heterocycles. The van der Waals surface area contributed by atoms with Gasteiger partial charge in [0.15, 0.2) is 0 Å². The van der Waals surface area contributed by atoms with E-state index in [-0.39, 0.29) is 6.54 Å². The normalized spacial score (nSPS) is 15.8. The standard InChI is InChI=1S/C10H16N2O4/c1-2-3-6-16-7-4-5-12-9(14)8(13)11-10(12)15/h2-7H2,1H3,(H,11,13,15). The fraction of sp³-hybridized carbons (Fsp3) is 0.700. The highest BCUT2D eigenvalue weighted by Gasteiger charge is 2.36. The molecule has 6 nitrogen and oxygen atoms in total. The molecule has 0 aromatic rings. The summed E-state index contributed by atoms with van der Waals surface area (Å²) >= 11 is 0. The summed E-state index contributed by atoms with van der Waals surface area (Å²) in [7, 11) is 0. The monoisotopic (exact) mass is 228 g/mol. The van der Waals surface area contributed by atoms with Gasteiger partial charge in [-0.15, -0.1) is 0 Å². The zero-order valence-corrected chi connectivity index (χ0v) is 9.32. The number of urea groups is 1. The molecule has 1 saturated heterocycles. The Morgan fingerprint density at radius 1 is 1.19 bits per heavy atom. The fourth-order valence-electron chi connectivity index (χ4n) is 1.31. The van der Waals surface area contributed by atoms with Crippen molar-refractivity contribution >= 4 is 17.8 Å². The molecule has 4 amide bonds. The van der Waals surface area contributed by atoms with Crippen LogP contribution in [0.1, 0.15) is 26.2 Å². The van der Waals surface area contributed by atoms with Crippen LogP contribution in [0.2, 0.25) is 0 Å². The number of nitrogens with zero attached hydrogens (tertiary/aromatic N) is 1. The molecule has 1 fully saturated rings. The highest BCUT2D eigenvalue weighted by molar-refractivity contribution is 6.44. The van der Waals surface area contributed by atoms with Gasteiger partial charge >= 0.3 is 17.8 Å². The Balaban J connectivity index is 2.15. The maximum Gasteiger partial charge on any atom is 0.331 e. The number of ether oxygens (including phenoxy) is 1. The first kappa shape index (κ1) is 12.6. The van der Waals surface area contributed by atoms with E-state index < -0.39 is 17.8 Å². The quantitative estimate of drug-likeness (QED) is 0.385. The molecule has 1 aliphatic heterocycles. The fourth-order valence-corrected chi connectivity index (χ4v) is 1.31. The Labute approximate surface area is 93.9 Å². The van der Waals surface area contributed by atoms with E-state index in [2.05, 4.69) is 6.92 Å². The minimum atomic E-state index is -0.850. The van der Waals surface area contributed by atoms with Crippen LogP contribution < -0.4 is 5.32 Å². The van der Waals surface area contributed by atoms with Crippen LogP contribution in [0, 0.1) is 0 Å². The van der Waals surface area contributed by atoms with E-state index in [0.29, 0.717) is 19.6 Å². The number of hydrogen-bond donors (Lipinski definition) is 1. The highest BCUT2D eigenvalue weighted by atomic mass is 16.5. The minimum Gasteiger partial charge on any atom is -0.381 e. The van der Waals surface area contributed by atoms with Gasteiger partial charge in [-0.2, -0.15) is 0 Å². The number of nitrogens with one attached hydrogen (secondary N) is 1. The van der Waals surface area contributed by atoms with Crippen molar-refractivity contribution in [3.63, 3.8) is 0 Å². The molecule has 6 heteroatoms. The molecular weight excluding hydrogens is 212 g/mol. The lowest BCUT2D eigenvalue weighted by atomic mass is 10.3. The molecule has 1 N–H and O–H groups in total. The van der Waals surface area contributed by atoms with Crippen molar-refractivity contribution in [2.24, 2.45) is 0 Å². The van der Waals surface area contributed by atoms with Crippen molar-refractivity contribution in [3.05, 3.63) is 0 Å². The number of amides is 4. The lowest BCUT2D eigenvalue weighted by Gasteiger charge is -2.10.